The first-order valence-corrected chi connectivity index (χ1v) is 9.46. The largest absolute Gasteiger partial charge is 1.00 e. The van der Waals surface area contributed by atoms with Crippen LogP contribution >= 0.6 is 11.6 Å². The van der Waals surface area contributed by atoms with Gasteiger partial charge in [-0.25, -0.2) is 0 Å². The topological polar surface area (TPSA) is 62.5 Å². The maximum absolute atomic E-state index is 13.3. The third kappa shape index (κ3) is 4.27. The van der Waals surface area contributed by atoms with Gasteiger partial charge in [-0.15, -0.1) is 0 Å². The molecular weight excluding hydrogens is 517 g/mol. The first-order chi connectivity index (χ1) is 14.1. The summed E-state index contributed by atoms with van der Waals surface area (Å²) in [5.41, 5.74) is 1.82. The van der Waals surface area contributed by atoms with Crippen LogP contribution in [-0.4, -0.2) is 18.9 Å². The molecule has 6 nitrogen and oxygen atoms in total. The highest BCUT2D eigenvalue weighted by Gasteiger charge is 2.44. The summed E-state index contributed by atoms with van der Waals surface area (Å²) in [5.74, 6) is 0.147. The number of nitrogens with one attached hydrogen (secondary N) is 1. The van der Waals surface area contributed by atoms with Crippen LogP contribution in [0.5, 0.6) is 5.75 Å². The SMILES string of the molecule is COc1ccc(NC(=O)C2c3cccc[n+]3CC(=O)N2c2ccccc2Cl)cc1.[I-]. The molecule has 2 amide bonds. The van der Waals surface area contributed by atoms with Crippen molar-refractivity contribution in [1.82, 2.24) is 0 Å². The fourth-order valence-electron chi connectivity index (χ4n) is 3.44. The average Bonchev–Trinajstić information content (AvgIpc) is 2.74. The van der Waals surface area contributed by atoms with E-state index in [4.69, 9.17) is 16.3 Å². The molecule has 0 aliphatic carbocycles. The van der Waals surface area contributed by atoms with Crippen molar-refractivity contribution in [1.29, 1.82) is 0 Å². The van der Waals surface area contributed by atoms with Crippen molar-refractivity contribution in [3.05, 3.63) is 83.6 Å². The van der Waals surface area contributed by atoms with E-state index in [-0.39, 0.29) is 42.3 Å². The molecule has 0 fully saturated rings. The number of pyridine rings is 1. The smallest absolute Gasteiger partial charge is 0.294 e. The van der Waals surface area contributed by atoms with Crippen LogP contribution in [0.3, 0.4) is 0 Å². The van der Waals surface area contributed by atoms with E-state index in [1.165, 1.54) is 4.90 Å². The second-order valence-corrected chi connectivity index (χ2v) is 7.00. The van der Waals surface area contributed by atoms with Crippen molar-refractivity contribution < 1.29 is 42.9 Å². The van der Waals surface area contributed by atoms with Crippen LogP contribution in [0.1, 0.15) is 11.7 Å². The first kappa shape index (κ1) is 22.0. The summed E-state index contributed by atoms with van der Waals surface area (Å²) in [4.78, 5) is 27.8. The van der Waals surface area contributed by atoms with Gasteiger partial charge in [-0.2, -0.15) is 4.57 Å². The van der Waals surface area contributed by atoms with Gasteiger partial charge in [0.25, 0.3) is 11.8 Å². The molecule has 2 heterocycles. The number of benzene rings is 2. The number of carbonyl (C=O) groups excluding carboxylic acids is 2. The Kier molecular flexibility index (Phi) is 6.94. The van der Waals surface area contributed by atoms with E-state index >= 15 is 0 Å². The van der Waals surface area contributed by atoms with Gasteiger partial charge in [0.2, 0.25) is 18.3 Å². The molecular formula is C22H19ClIN3O3. The van der Waals surface area contributed by atoms with Gasteiger partial charge < -0.3 is 34.0 Å². The molecule has 30 heavy (non-hydrogen) atoms. The Labute approximate surface area is 196 Å². The minimum absolute atomic E-state index is 0. The third-order valence-electron chi connectivity index (χ3n) is 4.81. The number of hydrogen-bond donors (Lipinski definition) is 1. The minimum Gasteiger partial charge on any atom is -1.00 e. The van der Waals surface area contributed by atoms with Crippen LogP contribution in [0.4, 0.5) is 11.4 Å². The molecule has 1 N–H and O–H groups in total. The molecule has 4 rings (SSSR count). The minimum atomic E-state index is -0.862. The fourth-order valence-corrected chi connectivity index (χ4v) is 3.66. The molecule has 0 spiro atoms. The fraction of sp³-hybridized carbons (Fsp3) is 0.136. The summed E-state index contributed by atoms with van der Waals surface area (Å²) in [7, 11) is 1.58. The second-order valence-electron chi connectivity index (χ2n) is 6.59. The molecule has 1 atom stereocenters. The van der Waals surface area contributed by atoms with Crippen LogP contribution in [0.2, 0.25) is 5.02 Å². The Morgan fingerprint density at radius 1 is 1.10 bits per heavy atom. The number of para-hydroxylation sites is 1. The molecule has 1 aliphatic rings. The zero-order valence-electron chi connectivity index (χ0n) is 16.1. The molecule has 0 bridgehead atoms. The van der Waals surface area contributed by atoms with Crippen molar-refractivity contribution >= 4 is 34.8 Å². The predicted octanol–water partition coefficient (Wildman–Crippen LogP) is 0.367. The van der Waals surface area contributed by atoms with Gasteiger partial charge in [0.1, 0.15) is 5.75 Å². The standard InChI is InChI=1S/C22H18ClN3O3.HI/c1-29-16-11-9-15(10-12-16)24-22(28)21-19-8-4-5-13-25(19)14-20(27)26(21)18-7-3-2-6-17(18)23;/h2-13,21H,14H2,1H3;1H. The number of amides is 2. The van der Waals surface area contributed by atoms with E-state index in [0.29, 0.717) is 27.8 Å². The van der Waals surface area contributed by atoms with Crippen LogP contribution in [-0.2, 0) is 16.1 Å². The van der Waals surface area contributed by atoms with Gasteiger partial charge in [-0.3, -0.25) is 14.5 Å². The van der Waals surface area contributed by atoms with E-state index in [1.807, 2.05) is 18.2 Å². The maximum atomic E-state index is 13.3. The van der Waals surface area contributed by atoms with Crippen molar-refractivity contribution in [2.24, 2.45) is 0 Å². The number of ether oxygens (including phenoxy) is 1. The molecule has 2 aromatic carbocycles. The number of halogens is 2. The molecule has 3 aromatic rings. The van der Waals surface area contributed by atoms with Crippen molar-refractivity contribution in [3.8, 4) is 5.75 Å². The molecule has 0 saturated heterocycles. The van der Waals surface area contributed by atoms with Gasteiger partial charge in [-0.05, 0) is 36.4 Å². The summed E-state index contributed by atoms with van der Waals surface area (Å²) in [6, 6.07) is 18.7. The highest BCUT2D eigenvalue weighted by molar-refractivity contribution is 6.34. The Morgan fingerprint density at radius 3 is 2.50 bits per heavy atom. The summed E-state index contributed by atoms with van der Waals surface area (Å²) >= 11 is 6.37. The summed E-state index contributed by atoms with van der Waals surface area (Å²) in [6.45, 7) is 0.133. The lowest BCUT2D eigenvalue weighted by Gasteiger charge is -2.32. The predicted molar refractivity (Wildman–Crippen MR) is 110 cm³/mol. The Balaban J connectivity index is 0.00000256. The quantitative estimate of drug-likeness (QED) is 0.388. The number of methoxy groups -OCH3 is 1. The zero-order chi connectivity index (χ0) is 20.4. The molecule has 1 aliphatic heterocycles. The lowest BCUT2D eigenvalue weighted by Crippen LogP contribution is -3.00. The third-order valence-corrected chi connectivity index (χ3v) is 5.13. The molecule has 8 heteroatoms. The van der Waals surface area contributed by atoms with Gasteiger partial charge >= 0.3 is 0 Å². The molecule has 1 unspecified atom stereocenters. The van der Waals surface area contributed by atoms with Crippen molar-refractivity contribution in [2.45, 2.75) is 12.6 Å². The Bertz CT molecular complexity index is 1080. The van der Waals surface area contributed by atoms with Crippen LogP contribution < -0.4 is 43.5 Å². The number of rotatable bonds is 4. The van der Waals surface area contributed by atoms with Crippen LogP contribution in [0.15, 0.2) is 72.9 Å². The lowest BCUT2D eigenvalue weighted by atomic mass is 10.0. The number of carbonyl (C=O) groups is 2. The van der Waals surface area contributed by atoms with Crippen LogP contribution in [0, 0.1) is 0 Å². The van der Waals surface area contributed by atoms with E-state index in [2.05, 4.69) is 5.32 Å². The highest BCUT2D eigenvalue weighted by atomic mass is 127. The molecule has 154 valence electrons. The van der Waals surface area contributed by atoms with E-state index in [1.54, 1.807) is 66.4 Å². The molecule has 0 saturated carbocycles. The Hall–Kier alpha value is -2.65. The zero-order valence-corrected chi connectivity index (χ0v) is 19.0. The average molecular weight is 536 g/mol. The number of aromatic nitrogens is 1. The summed E-state index contributed by atoms with van der Waals surface area (Å²) in [6.07, 6.45) is 1.80. The van der Waals surface area contributed by atoms with Gasteiger partial charge in [-0.1, -0.05) is 29.8 Å². The van der Waals surface area contributed by atoms with Crippen molar-refractivity contribution in [3.63, 3.8) is 0 Å². The maximum Gasteiger partial charge on any atom is 0.294 e. The Morgan fingerprint density at radius 2 is 1.80 bits per heavy atom. The van der Waals surface area contributed by atoms with Gasteiger partial charge in [0.15, 0.2) is 6.20 Å². The van der Waals surface area contributed by atoms with Gasteiger partial charge in [0.05, 0.1) is 17.8 Å². The monoisotopic (exact) mass is 535 g/mol. The molecule has 0 radical (unpaired) electrons. The van der Waals surface area contributed by atoms with Crippen LogP contribution in [0.25, 0.3) is 0 Å². The number of anilines is 2. The number of hydrogen-bond acceptors (Lipinski definition) is 3. The first-order valence-electron chi connectivity index (χ1n) is 9.08. The number of fused-ring (bicyclic) bond motifs is 1. The number of nitrogens with zero attached hydrogens (tertiary/aromatic N) is 2. The van der Waals surface area contributed by atoms with E-state index in [9.17, 15) is 9.59 Å². The van der Waals surface area contributed by atoms with Gasteiger partial charge in [0, 0.05) is 17.8 Å². The van der Waals surface area contributed by atoms with E-state index < -0.39 is 6.04 Å². The van der Waals surface area contributed by atoms with E-state index in [0.717, 1.165) is 0 Å². The second kappa shape index (κ2) is 9.44. The normalized spacial score (nSPS) is 15.1. The lowest BCUT2D eigenvalue weighted by molar-refractivity contribution is -0.695. The summed E-state index contributed by atoms with van der Waals surface area (Å²) < 4.78 is 6.94. The summed E-state index contributed by atoms with van der Waals surface area (Å²) in [5, 5.41) is 3.31. The van der Waals surface area contributed by atoms with Crippen molar-refractivity contribution in [2.75, 3.05) is 17.3 Å². The highest BCUT2D eigenvalue weighted by Crippen LogP contribution is 2.34. The molecule has 1 aromatic heterocycles.